The van der Waals surface area contributed by atoms with Gasteiger partial charge < -0.3 is 20.2 Å². The molecule has 4 aromatic rings. The van der Waals surface area contributed by atoms with E-state index in [1.54, 1.807) is 23.0 Å². The van der Waals surface area contributed by atoms with Gasteiger partial charge in [-0.25, -0.2) is 18.9 Å². The highest BCUT2D eigenvalue weighted by molar-refractivity contribution is 5.86. The van der Waals surface area contributed by atoms with E-state index in [0.29, 0.717) is 34.4 Å². The molecule has 2 N–H and O–H groups in total. The molecule has 0 spiro atoms. The third-order valence-electron chi connectivity index (χ3n) is 6.05. The number of rotatable bonds is 9. The molecule has 1 aromatic carbocycles. The Morgan fingerprint density at radius 1 is 1.02 bits per heavy atom. The summed E-state index contributed by atoms with van der Waals surface area (Å²) in [7, 11) is 0. The van der Waals surface area contributed by atoms with Gasteiger partial charge >= 0.3 is 12.2 Å². The van der Waals surface area contributed by atoms with E-state index in [2.05, 4.69) is 20.4 Å². The van der Waals surface area contributed by atoms with E-state index >= 15 is 0 Å². The van der Waals surface area contributed by atoms with Gasteiger partial charge in [-0.2, -0.15) is 23.3 Å². The van der Waals surface area contributed by atoms with Crippen LogP contribution in [0.5, 0.6) is 11.9 Å². The van der Waals surface area contributed by atoms with E-state index in [4.69, 9.17) is 19.9 Å². The van der Waals surface area contributed by atoms with Crippen LogP contribution in [0.3, 0.4) is 0 Å². The summed E-state index contributed by atoms with van der Waals surface area (Å²) in [5.74, 6) is -0.801. The third-order valence-corrected chi connectivity index (χ3v) is 6.05. The minimum absolute atomic E-state index is 0.104. The zero-order valence-electron chi connectivity index (χ0n) is 25.1. The van der Waals surface area contributed by atoms with Crippen LogP contribution in [0, 0.1) is 11.2 Å². The summed E-state index contributed by atoms with van der Waals surface area (Å²) in [6.07, 6.45) is -0.365. The Morgan fingerprint density at radius 3 is 2.35 bits per heavy atom. The Bertz CT molecular complexity index is 1620. The first-order valence-corrected chi connectivity index (χ1v) is 13.7. The first-order valence-electron chi connectivity index (χ1n) is 13.7. The number of hydrogen-bond donors (Lipinski definition) is 2. The molecule has 4 rings (SSSR count). The molecule has 9 nitrogen and oxygen atoms in total. The smallest absolute Gasteiger partial charge is 0.405 e. The summed E-state index contributed by atoms with van der Waals surface area (Å²) in [6, 6.07) is 6.37. The highest BCUT2D eigenvalue weighted by atomic mass is 19.4. The summed E-state index contributed by atoms with van der Waals surface area (Å²) in [6.45, 7) is 11.9. The second-order valence-corrected chi connectivity index (χ2v) is 12.2. The molecule has 0 aliphatic carbocycles. The van der Waals surface area contributed by atoms with Crippen LogP contribution >= 0.6 is 0 Å². The summed E-state index contributed by atoms with van der Waals surface area (Å²) in [4.78, 5) is 13.7. The highest BCUT2D eigenvalue weighted by Gasteiger charge is 2.28. The van der Waals surface area contributed by atoms with Gasteiger partial charge in [0.05, 0.1) is 23.0 Å². The van der Waals surface area contributed by atoms with Gasteiger partial charge in [0, 0.05) is 35.8 Å². The van der Waals surface area contributed by atoms with Gasteiger partial charge in [0.1, 0.15) is 23.6 Å². The van der Waals surface area contributed by atoms with Gasteiger partial charge in [-0.3, -0.25) is 0 Å². The monoisotopic (exact) mass is 601 g/mol. The maximum atomic E-state index is 14.8. The Balaban J connectivity index is 1.75. The van der Waals surface area contributed by atoms with Gasteiger partial charge in [0.2, 0.25) is 5.88 Å². The molecule has 0 amide bonds. The SMILES string of the molecule is CC(Cc1cc(F)c(C=N)c(NCC(F)(F)F)c1)c1cc(-c2cnc(OC(C)(C)C)nc2OC(C)(C)C)nc2ccnn12. The number of anilines is 1. The first kappa shape index (κ1) is 31.6. The maximum absolute atomic E-state index is 14.8. The van der Waals surface area contributed by atoms with Crippen LogP contribution < -0.4 is 14.8 Å². The van der Waals surface area contributed by atoms with E-state index in [0.717, 1.165) is 0 Å². The summed E-state index contributed by atoms with van der Waals surface area (Å²) < 4.78 is 67.1. The quantitative estimate of drug-likeness (QED) is 0.157. The number of hydrogen-bond acceptors (Lipinski definition) is 8. The molecule has 3 aromatic heterocycles. The lowest BCUT2D eigenvalue weighted by atomic mass is 9.95. The van der Waals surface area contributed by atoms with Crippen LogP contribution in [-0.2, 0) is 6.42 Å². The van der Waals surface area contributed by atoms with Gasteiger partial charge in [0.25, 0.3) is 0 Å². The fourth-order valence-electron chi connectivity index (χ4n) is 4.38. The van der Waals surface area contributed by atoms with Crippen LogP contribution in [0.25, 0.3) is 16.9 Å². The second kappa shape index (κ2) is 11.8. The number of aromatic nitrogens is 5. The van der Waals surface area contributed by atoms with E-state index in [1.807, 2.05) is 54.5 Å². The lowest BCUT2D eigenvalue weighted by Gasteiger charge is -2.24. The van der Waals surface area contributed by atoms with Crippen molar-refractivity contribution in [1.82, 2.24) is 24.6 Å². The normalized spacial score (nSPS) is 13.2. The van der Waals surface area contributed by atoms with Crippen LogP contribution in [0.4, 0.5) is 23.2 Å². The van der Waals surface area contributed by atoms with Crippen molar-refractivity contribution < 1.29 is 27.0 Å². The van der Waals surface area contributed by atoms with E-state index < -0.39 is 29.7 Å². The van der Waals surface area contributed by atoms with Gasteiger partial charge in [-0.15, -0.1) is 0 Å². The predicted molar refractivity (Wildman–Crippen MR) is 156 cm³/mol. The molecule has 0 radical (unpaired) electrons. The van der Waals surface area contributed by atoms with E-state index in [9.17, 15) is 17.6 Å². The molecule has 43 heavy (non-hydrogen) atoms. The Labute approximate surface area is 247 Å². The molecule has 13 heteroatoms. The number of fused-ring (bicyclic) bond motifs is 1. The molecule has 1 unspecified atom stereocenters. The van der Waals surface area contributed by atoms with Crippen LogP contribution in [-0.4, -0.2) is 54.7 Å². The molecule has 0 saturated heterocycles. The third kappa shape index (κ3) is 8.17. The highest BCUT2D eigenvalue weighted by Crippen LogP contribution is 2.34. The molecule has 3 heterocycles. The maximum Gasteiger partial charge on any atom is 0.405 e. The number of halogens is 4. The minimum atomic E-state index is -4.51. The predicted octanol–water partition coefficient (Wildman–Crippen LogP) is 7.00. The van der Waals surface area contributed by atoms with Gasteiger partial charge in [0.15, 0.2) is 5.65 Å². The van der Waals surface area contributed by atoms with Crippen molar-refractivity contribution in [2.24, 2.45) is 0 Å². The summed E-state index contributed by atoms with van der Waals surface area (Å²) in [5, 5.41) is 14.1. The summed E-state index contributed by atoms with van der Waals surface area (Å²) >= 11 is 0. The molecular formula is C30H35F4N7O2. The van der Waals surface area contributed by atoms with Crippen molar-refractivity contribution in [3.63, 3.8) is 0 Å². The van der Waals surface area contributed by atoms with Gasteiger partial charge in [-0.1, -0.05) is 6.92 Å². The number of nitrogens with one attached hydrogen (secondary N) is 2. The molecule has 0 saturated carbocycles. The fourth-order valence-corrected chi connectivity index (χ4v) is 4.38. The number of alkyl halides is 3. The zero-order valence-corrected chi connectivity index (χ0v) is 25.1. The van der Waals surface area contributed by atoms with Crippen molar-refractivity contribution >= 4 is 17.5 Å². The molecule has 0 aliphatic heterocycles. The number of nitrogens with zero attached hydrogens (tertiary/aromatic N) is 5. The Kier molecular flexibility index (Phi) is 8.66. The number of ether oxygens (including phenoxy) is 2. The average molecular weight is 602 g/mol. The largest absolute Gasteiger partial charge is 0.471 e. The first-order chi connectivity index (χ1) is 19.9. The Hall–Kier alpha value is -4.29. The lowest BCUT2D eigenvalue weighted by molar-refractivity contribution is -0.115. The second-order valence-electron chi connectivity index (χ2n) is 12.2. The van der Waals surface area contributed by atoms with Crippen LogP contribution in [0.15, 0.2) is 36.7 Å². The van der Waals surface area contributed by atoms with Crippen LogP contribution in [0.1, 0.15) is 71.2 Å². The minimum Gasteiger partial charge on any atom is -0.471 e. The zero-order chi connectivity index (χ0) is 31.7. The molecule has 230 valence electrons. The standard InChI is InChI=1S/C30H35F4N7O2/c1-17(10-18-11-21(31)19(14-35)22(12-18)37-16-30(32,33)34)24-13-23(39-25-8-9-38-41(24)25)20-15-36-27(43-29(5,6)7)40-26(20)42-28(2,3)4/h8-9,11-15,17,35,37H,10,16H2,1-7H3. The average Bonchev–Trinajstić information content (AvgIpc) is 3.33. The van der Waals surface area contributed by atoms with Crippen LogP contribution in [0.2, 0.25) is 0 Å². The molecule has 0 bridgehead atoms. The molecule has 0 aliphatic rings. The van der Waals surface area contributed by atoms with Crippen molar-refractivity contribution in [1.29, 1.82) is 5.41 Å². The Morgan fingerprint density at radius 2 is 1.72 bits per heavy atom. The lowest BCUT2D eigenvalue weighted by Crippen LogP contribution is -2.26. The molecular weight excluding hydrogens is 566 g/mol. The molecule has 1 atom stereocenters. The van der Waals surface area contributed by atoms with E-state index in [1.165, 1.54) is 12.1 Å². The van der Waals surface area contributed by atoms with Gasteiger partial charge in [-0.05, 0) is 71.7 Å². The molecule has 0 fully saturated rings. The summed E-state index contributed by atoms with van der Waals surface area (Å²) in [5.41, 5.74) is 1.25. The fraction of sp³-hybridized carbons (Fsp3) is 0.433. The topological polar surface area (TPSA) is 110 Å². The van der Waals surface area contributed by atoms with E-state index in [-0.39, 0.29) is 35.5 Å². The van der Waals surface area contributed by atoms with Crippen molar-refractivity contribution in [2.45, 2.75) is 78.2 Å². The van der Waals surface area contributed by atoms with Crippen molar-refractivity contribution in [2.75, 3.05) is 11.9 Å². The van der Waals surface area contributed by atoms with Crippen molar-refractivity contribution in [3.8, 4) is 23.1 Å². The van der Waals surface area contributed by atoms with Crippen molar-refractivity contribution in [3.05, 3.63) is 59.3 Å². The number of benzene rings is 1.